The summed E-state index contributed by atoms with van der Waals surface area (Å²) in [6.07, 6.45) is 5.32. The summed E-state index contributed by atoms with van der Waals surface area (Å²) in [6.45, 7) is 0. The van der Waals surface area contributed by atoms with Gasteiger partial charge in [0.1, 0.15) is 0 Å². The van der Waals surface area contributed by atoms with Gasteiger partial charge in [0.2, 0.25) is 0 Å². The molecule has 0 amide bonds. The van der Waals surface area contributed by atoms with E-state index in [9.17, 15) is 0 Å². The van der Waals surface area contributed by atoms with E-state index in [0.717, 1.165) is 11.4 Å². The Hall–Kier alpha value is -5.86. The number of fused-ring (bicyclic) bond motifs is 3. The Morgan fingerprint density at radius 2 is 0.796 bits per heavy atom. The summed E-state index contributed by atoms with van der Waals surface area (Å²) < 4.78 is 2.37. The van der Waals surface area contributed by atoms with E-state index in [1.165, 1.54) is 86.7 Å². The molecule has 7 aromatic carbocycles. The van der Waals surface area contributed by atoms with Gasteiger partial charge in [-0.1, -0.05) is 128 Å². The maximum absolute atomic E-state index is 2.38. The highest BCUT2D eigenvalue weighted by molar-refractivity contribution is 6.09. The van der Waals surface area contributed by atoms with Gasteiger partial charge in [0.25, 0.3) is 0 Å². The lowest BCUT2D eigenvalue weighted by Gasteiger charge is -2.26. The summed E-state index contributed by atoms with van der Waals surface area (Å²) in [6, 6.07) is 64.2. The average Bonchev–Trinajstić information content (AvgIpc) is 3.84. The number of aromatic nitrogens is 1. The van der Waals surface area contributed by atoms with Crippen LogP contribution in [0.15, 0.2) is 176 Å². The number of anilines is 3. The molecule has 0 N–H and O–H groups in total. The molecule has 2 nitrogen and oxygen atoms in total. The minimum atomic E-state index is 0.702. The Labute approximate surface area is 288 Å². The summed E-state index contributed by atoms with van der Waals surface area (Å²) in [4.78, 5) is 2.38. The molecule has 9 rings (SSSR count). The molecule has 1 fully saturated rings. The zero-order valence-electron chi connectivity index (χ0n) is 27.5. The van der Waals surface area contributed by atoms with Gasteiger partial charge in [0, 0.05) is 33.5 Å². The van der Waals surface area contributed by atoms with E-state index in [1.54, 1.807) is 0 Å². The quantitative estimate of drug-likeness (QED) is 0.170. The molecule has 0 unspecified atom stereocenters. The summed E-state index contributed by atoms with van der Waals surface area (Å²) in [5.74, 6) is 0.702. The molecule has 1 aromatic heterocycles. The van der Waals surface area contributed by atoms with Crippen molar-refractivity contribution < 1.29 is 0 Å². The number of rotatable bonds is 7. The van der Waals surface area contributed by atoms with Crippen molar-refractivity contribution in [3.8, 4) is 27.9 Å². The van der Waals surface area contributed by atoms with Crippen molar-refractivity contribution in [3.05, 3.63) is 181 Å². The molecule has 0 aliphatic heterocycles. The van der Waals surface area contributed by atoms with Gasteiger partial charge in [-0.3, -0.25) is 0 Å². The van der Waals surface area contributed by atoms with Gasteiger partial charge in [-0.25, -0.2) is 0 Å². The van der Waals surface area contributed by atoms with Crippen LogP contribution in [0.2, 0.25) is 0 Å². The molecule has 49 heavy (non-hydrogen) atoms. The van der Waals surface area contributed by atoms with Crippen LogP contribution >= 0.6 is 0 Å². The second-order valence-corrected chi connectivity index (χ2v) is 13.3. The minimum absolute atomic E-state index is 0.702. The van der Waals surface area contributed by atoms with E-state index < -0.39 is 0 Å². The summed E-state index contributed by atoms with van der Waals surface area (Å²) in [5.41, 5.74) is 13.4. The average molecular weight is 631 g/mol. The standard InChI is InChI=1S/C47H38N2/c1-2-10-34(11-3-1)36-18-26-40(27-19-36)48(41-28-20-37(21-29-41)35-12-4-5-13-35)42-30-22-38(23-31-42)39-24-32-43(33-25-39)49-46-16-8-6-14-44(46)45-15-7-9-17-47(45)49/h1-3,6-11,14-33,35H,4-5,12-13H2. The molecule has 1 aliphatic rings. The number of hydrogen-bond acceptors (Lipinski definition) is 1. The van der Waals surface area contributed by atoms with Crippen molar-refractivity contribution in [2.24, 2.45) is 0 Å². The molecule has 1 aliphatic carbocycles. The molecule has 2 heteroatoms. The summed E-state index contributed by atoms with van der Waals surface area (Å²) >= 11 is 0. The van der Waals surface area contributed by atoms with Gasteiger partial charge in [-0.2, -0.15) is 0 Å². The molecule has 8 aromatic rings. The third-order valence-corrected chi connectivity index (χ3v) is 10.4. The maximum Gasteiger partial charge on any atom is 0.0541 e. The zero-order valence-corrected chi connectivity index (χ0v) is 27.5. The molecule has 1 heterocycles. The molecule has 0 atom stereocenters. The van der Waals surface area contributed by atoms with Gasteiger partial charge >= 0.3 is 0 Å². The van der Waals surface area contributed by atoms with Crippen LogP contribution in [0.4, 0.5) is 17.1 Å². The van der Waals surface area contributed by atoms with E-state index in [0.29, 0.717) is 5.92 Å². The van der Waals surface area contributed by atoms with Crippen LogP contribution in [0.1, 0.15) is 37.2 Å². The molecule has 236 valence electrons. The van der Waals surface area contributed by atoms with Gasteiger partial charge in [-0.05, 0) is 107 Å². The maximum atomic E-state index is 2.38. The van der Waals surface area contributed by atoms with Crippen molar-refractivity contribution in [1.29, 1.82) is 0 Å². The van der Waals surface area contributed by atoms with Gasteiger partial charge < -0.3 is 9.47 Å². The lowest BCUT2D eigenvalue weighted by atomic mass is 9.97. The molecule has 0 bridgehead atoms. The van der Waals surface area contributed by atoms with Crippen molar-refractivity contribution in [2.45, 2.75) is 31.6 Å². The molecule has 0 radical (unpaired) electrons. The first-order valence-electron chi connectivity index (χ1n) is 17.5. The number of hydrogen-bond donors (Lipinski definition) is 0. The predicted molar refractivity (Wildman–Crippen MR) is 208 cm³/mol. The Balaban J connectivity index is 1.04. The van der Waals surface area contributed by atoms with Crippen LogP contribution in [-0.4, -0.2) is 4.57 Å². The van der Waals surface area contributed by atoms with Crippen molar-refractivity contribution in [3.63, 3.8) is 0 Å². The monoisotopic (exact) mass is 630 g/mol. The molecule has 0 saturated heterocycles. The Kier molecular flexibility index (Phi) is 7.55. The fourth-order valence-electron chi connectivity index (χ4n) is 7.84. The third kappa shape index (κ3) is 5.50. The van der Waals surface area contributed by atoms with E-state index in [2.05, 4.69) is 185 Å². The van der Waals surface area contributed by atoms with Crippen LogP contribution in [0.25, 0.3) is 49.7 Å². The first-order valence-corrected chi connectivity index (χ1v) is 17.5. The number of nitrogens with zero attached hydrogens (tertiary/aromatic N) is 2. The van der Waals surface area contributed by atoms with Crippen molar-refractivity contribution in [2.75, 3.05) is 4.90 Å². The molecular formula is C47H38N2. The highest BCUT2D eigenvalue weighted by atomic mass is 15.1. The smallest absolute Gasteiger partial charge is 0.0541 e. The topological polar surface area (TPSA) is 8.17 Å². The van der Waals surface area contributed by atoms with Gasteiger partial charge in [0.05, 0.1) is 11.0 Å². The zero-order chi connectivity index (χ0) is 32.6. The van der Waals surface area contributed by atoms with Crippen LogP contribution in [0.5, 0.6) is 0 Å². The van der Waals surface area contributed by atoms with Crippen molar-refractivity contribution in [1.82, 2.24) is 4.57 Å². The third-order valence-electron chi connectivity index (χ3n) is 10.4. The summed E-state index contributed by atoms with van der Waals surface area (Å²) in [7, 11) is 0. The fraction of sp³-hybridized carbons (Fsp3) is 0.106. The van der Waals surface area contributed by atoms with Gasteiger partial charge in [0.15, 0.2) is 0 Å². The normalized spacial score (nSPS) is 13.3. The number of para-hydroxylation sites is 2. The van der Waals surface area contributed by atoms with E-state index in [4.69, 9.17) is 0 Å². The minimum Gasteiger partial charge on any atom is -0.311 e. The Bertz CT molecular complexity index is 2290. The highest BCUT2D eigenvalue weighted by Gasteiger charge is 2.19. The van der Waals surface area contributed by atoms with E-state index in [-0.39, 0.29) is 0 Å². The lowest BCUT2D eigenvalue weighted by Crippen LogP contribution is -2.10. The van der Waals surface area contributed by atoms with Crippen LogP contribution < -0.4 is 4.90 Å². The first kappa shape index (κ1) is 29.3. The predicted octanol–water partition coefficient (Wildman–Crippen LogP) is 13.2. The largest absolute Gasteiger partial charge is 0.311 e. The van der Waals surface area contributed by atoms with Crippen LogP contribution in [-0.2, 0) is 0 Å². The van der Waals surface area contributed by atoms with E-state index in [1.807, 2.05) is 0 Å². The fourth-order valence-corrected chi connectivity index (χ4v) is 7.84. The second kappa shape index (κ2) is 12.6. The van der Waals surface area contributed by atoms with E-state index >= 15 is 0 Å². The first-order chi connectivity index (χ1) is 24.3. The second-order valence-electron chi connectivity index (χ2n) is 13.3. The van der Waals surface area contributed by atoms with Gasteiger partial charge in [-0.15, -0.1) is 0 Å². The highest BCUT2D eigenvalue weighted by Crippen LogP contribution is 2.40. The molecular weight excluding hydrogens is 593 g/mol. The SMILES string of the molecule is c1ccc(-c2ccc(N(c3ccc(-c4ccc(-n5c6ccccc6c6ccccc65)cc4)cc3)c3ccc(C4CCCC4)cc3)cc2)cc1. The number of benzene rings is 7. The lowest BCUT2D eigenvalue weighted by molar-refractivity contribution is 0.723. The van der Waals surface area contributed by atoms with Crippen LogP contribution in [0, 0.1) is 0 Å². The Morgan fingerprint density at radius 3 is 1.31 bits per heavy atom. The molecule has 0 spiro atoms. The molecule has 1 saturated carbocycles. The van der Waals surface area contributed by atoms with Crippen molar-refractivity contribution >= 4 is 38.9 Å². The Morgan fingerprint density at radius 1 is 0.388 bits per heavy atom. The summed E-state index contributed by atoms with van der Waals surface area (Å²) in [5, 5.41) is 2.57. The van der Waals surface area contributed by atoms with Crippen LogP contribution in [0.3, 0.4) is 0 Å².